The van der Waals surface area contributed by atoms with Gasteiger partial charge in [-0.05, 0) is 69.9 Å². The van der Waals surface area contributed by atoms with Crippen molar-refractivity contribution in [2.45, 2.75) is 19.9 Å². The summed E-state index contributed by atoms with van der Waals surface area (Å²) in [5, 5.41) is 7.74. The summed E-state index contributed by atoms with van der Waals surface area (Å²) in [4.78, 5) is 0. The highest BCUT2D eigenvalue weighted by atomic mass is 79.9. The van der Waals surface area contributed by atoms with Gasteiger partial charge in [0.2, 0.25) is 0 Å². The maximum absolute atomic E-state index is 5.86. The first kappa shape index (κ1) is 12.5. The van der Waals surface area contributed by atoms with Crippen LogP contribution in [0.1, 0.15) is 24.1 Å². The van der Waals surface area contributed by atoms with E-state index in [0.29, 0.717) is 6.04 Å². The summed E-state index contributed by atoms with van der Waals surface area (Å²) in [5.41, 5.74) is 10.1. The van der Waals surface area contributed by atoms with Gasteiger partial charge in [-0.1, -0.05) is 0 Å². The second kappa shape index (κ2) is 5.10. The number of aryl methyl sites for hydroxylation is 1. The number of nitrogens with one attached hydrogen (secondary N) is 1. The van der Waals surface area contributed by atoms with Gasteiger partial charge in [0.1, 0.15) is 0 Å². The van der Waals surface area contributed by atoms with Crippen molar-refractivity contribution >= 4 is 38.6 Å². The lowest BCUT2D eigenvalue weighted by atomic mass is 10.1. The minimum absolute atomic E-state index is 0.292. The third-order valence-electron chi connectivity index (χ3n) is 2.77. The van der Waals surface area contributed by atoms with Crippen LogP contribution in [0.4, 0.5) is 11.4 Å². The van der Waals surface area contributed by atoms with E-state index in [1.807, 2.05) is 13.0 Å². The zero-order valence-corrected chi connectivity index (χ0v) is 12.2. The molecule has 0 fully saturated rings. The standard InChI is InChI=1S/C13H15BrN2S/c1-8-5-13(11(14)6-12(8)15)16-9(2)10-3-4-17-7-10/h3-7,9,16H,15H2,1-2H3. The molecule has 1 heterocycles. The smallest absolute Gasteiger partial charge is 0.0494 e. The second-order valence-corrected chi connectivity index (χ2v) is 5.75. The number of halogens is 1. The van der Waals surface area contributed by atoms with E-state index < -0.39 is 0 Å². The lowest BCUT2D eigenvalue weighted by molar-refractivity contribution is 0.889. The number of nitrogen functional groups attached to an aromatic ring is 1. The van der Waals surface area contributed by atoms with E-state index in [1.54, 1.807) is 11.3 Å². The van der Waals surface area contributed by atoms with E-state index in [-0.39, 0.29) is 0 Å². The third kappa shape index (κ3) is 2.82. The number of anilines is 2. The van der Waals surface area contributed by atoms with Crippen LogP contribution in [0.2, 0.25) is 0 Å². The lowest BCUT2D eigenvalue weighted by Gasteiger charge is -2.16. The minimum Gasteiger partial charge on any atom is -0.398 e. The van der Waals surface area contributed by atoms with Gasteiger partial charge in [-0.25, -0.2) is 0 Å². The molecule has 4 heteroatoms. The van der Waals surface area contributed by atoms with Crippen LogP contribution in [0.15, 0.2) is 33.4 Å². The summed E-state index contributed by atoms with van der Waals surface area (Å²) in [7, 11) is 0. The number of hydrogen-bond acceptors (Lipinski definition) is 3. The van der Waals surface area contributed by atoms with Gasteiger partial charge in [-0.15, -0.1) is 0 Å². The van der Waals surface area contributed by atoms with Gasteiger partial charge in [0.25, 0.3) is 0 Å². The van der Waals surface area contributed by atoms with Crippen molar-refractivity contribution in [1.29, 1.82) is 0 Å². The van der Waals surface area contributed by atoms with Crippen molar-refractivity contribution in [3.05, 3.63) is 44.6 Å². The zero-order chi connectivity index (χ0) is 12.4. The molecule has 0 saturated carbocycles. The van der Waals surface area contributed by atoms with Crippen LogP contribution in [-0.2, 0) is 0 Å². The molecule has 0 radical (unpaired) electrons. The van der Waals surface area contributed by atoms with Crippen molar-refractivity contribution in [3.63, 3.8) is 0 Å². The van der Waals surface area contributed by atoms with Crippen LogP contribution < -0.4 is 11.1 Å². The maximum atomic E-state index is 5.86. The molecule has 2 rings (SSSR count). The van der Waals surface area contributed by atoms with E-state index in [2.05, 4.69) is 51.1 Å². The van der Waals surface area contributed by atoms with Crippen LogP contribution in [0.25, 0.3) is 0 Å². The Morgan fingerprint density at radius 1 is 1.41 bits per heavy atom. The number of benzene rings is 1. The molecule has 0 aliphatic rings. The molecule has 0 spiro atoms. The monoisotopic (exact) mass is 310 g/mol. The Morgan fingerprint density at radius 3 is 2.82 bits per heavy atom. The number of rotatable bonds is 3. The molecule has 1 atom stereocenters. The molecule has 0 aliphatic carbocycles. The Bertz CT molecular complexity index is 508. The molecular weight excluding hydrogens is 296 g/mol. The summed E-state index contributed by atoms with van der Waals surface area (Å²) >= 11 is 5.25. The van der Waals surface area contributed by atoms with Crippen LogP contribution in [0.5, 0.6) is 0 Å². The Morgan fingerprint density at radius 2 is 2.18 bits per heavy atom. The predicted molar refractivity (Wildman–Crippen MR) is 79.6 cm³/mol. The SMILES string of the molecule is Cc1cc(NC(C)c2ccsc2)c(Br)cc1N. The maximum Gasteiger partial charge on any atom is 0.0494 e. The number of nitrogens with two attached hydrogens (primary N) is 1. The highest BCUT2D eigenvalue weighted by Crippen LogP contribution is 2.31. The first-order valence-electron chi connectivity index (χ1n) is 5.42. The third-order valence-corrected chi connectivity index (χ3v) is 4.13. The molecule has 1 unspecified atom stereocenters. The van der Waals surface area contributed by atoms with E-state index >= 15 is 0 Å². The molecule has 2 aromatic rings. The van der Waals surface area contributed by atoms with Gasteiger partial charge in [-0.3, -0.25) is 0 Å². The molecule has 3 N–H and O–H groups in total. The van der Waals surface area contributed by atoms with Crippen molar-refractivity contribution in [2.75, 3.05) is 11.1 Å². The first-order chi connectivity index (χ1) is 8.08. The van der Waals surface area contributed by atoms with Gasteiger partial charge >= 0.3 is 0 Å². The molecule has 90 valence electrons. The van der Waals surface area contributed by atoms with Crippen LogP contribution in [0, 0.1) is 6.92 Å². The van der Waals surface area contributed by atoms with Gasteiger partial charge in [0, 0.05) is 21.9 Å². The van der Waals surface area contributed by atoms with E-state index in [4.69, 9.17) is 5.73 Å². The molecule has 17 heavy (non-hydrogen) atoms. The van der Waals surface area contributed by atoms with Crippen molar-refractivity contribution in [1.82, 2.24) is 0 Å². The van der Waals surface area contributed by atoms with Gasteiger partial charge in [0.05, 0.1) is 0 Å². The molecule has 0 bridgehead atoms. The first-order valence-corrected chi connectivity index (χ1v) is 7.15. The normalized spacial score (nSPS) is 12.4. The summed E-state index contributed by atoms with van der Waals surface area (Å²) in [6.07, 6.45) is 0. The highest BCUT2D eigenvalue weighted by molar-refractivity contribution is 9.10. The number of thiophene rings is 1. The Balaban J connectivity index is 2.22. The average Bonchev–Trinajstić information content (AvgIpc) is 2.79. The topological polar surface area (TPSA) is 38.0 Å². The second-order valence-electron chi connectivity index (χ2n) is 4.11. The van der Waals surface area contributed by atoms with Gasteiger partial charge in [-0.2, -0.15) is 11.3 Å². The van der Waals surface area contributed by atoms with Crippen LogP contribution in [0.3, 0.4) is 0 Å². The highest BCUT2D eigenvalue weighted by Gasteiger charge is 2.09. The Labute approximate surface area is 114 Å². The Kier molecular flexibility index (Phi) is 3.74. The molecule has 0 aliphatic heterocycles. The fraction of sp³-hybridized carbons (Fsp3) is 0.231. The van der Waals surface area contributed by atoms with Crippen LogP contribution >= 0.6 is 27.3 Å². The van der Waals surface area contributed by atoms with Crippen molar-refractivity contribution in [3.8, 4) is 0 Å². The predicted octanol–water partition coefficient (Wildman–Crippen LogP) is 4.57. The fourth-order valence-corrected chi connectivity index (χ4v) is 2.88. The fourth-order valence-electron chi connectivity index (χ4n) is 1.65. The van der Waals surface area contributed by atoms with E-state index in [9.17, 15) is 0 Å². The van der Waals surface area contributed by atoms with E-state index in [0.717, 1.165) is 21.4 Å². The van der Waals surface area contributed by atoms with Crippen molar-refractivity contribution < 1.29 is 0 Å². The molecule has 1 aromatic carbocycles. The summed E-state index contributed by atoms with van der Waals surface area (Å²) < 4.78 is 1.00. The number of hydrogen-bond donors (Lipinski definition) is 2. The minimum atomic E-state index is 0.292. The molecule has 0 saturated heterocycles. The van der Waals surface area contributed by atoms with Crippen molar-refractivity contribution in [2.24, 2.45) is 0 Å². The summed E-state index contributed by atoms with van der Waals surface area (Å²) in [6.45, 7) is 4.17. The average molecular weight is 311 g/mol. The lowest BCUT2D eigenvalue weighted by Crippen LogP contribution is -2.06. The zero-order valence-electron chi connectivity index (χ0n) is 9.83. The molecule has 1 aromatic heterocycles. The largest absolute Gasteiger partial charge is 0.398 e. The Hall–Kier alpha value is -1.00. The van der Waals surface area contributed by atoms with E-state index in [1.165, 1.54) is 5.56 Å². The summed E-state index contributed by atoms with van der Waals surface area (Å²) in [6, 6.07) is 6.45. The van der Waals surface area contributed by atoms with Crippen LogP contribution in [-0.4, -0.2) is 0 Å². The quantitative estimate of drug-likeness (QED) is 0.815. The summed E-state index contributed by atoms with van der Waals surface area (Å²) in [5.74, 6) is 0. The van der Waals surface area contributed by atoms with Gasteiger partial charge in [0.15, 0.2) is 0 Å². The molecule has 2 nitrogen and oxygen atoms in total. The molecular formula is C13H15BrN2S. The molecule has 0 amide bonds. The van der Waals surface area contributed by atoms with Gasteiger partial charge < -0.3 is 11.1 Å².